The molecule has 9 rings (SSSR count). The number of allylic oxidation sites excluding steroid dienone is 4. The lowest BCUT2D eigenvalue weighted by Crippen LogP contribution is -2.02. The van der Waals surface area contributed by atoms with E-state index in [9.17, 15) is 0 Å². The third-order valence-electron chi connectivity index (χ3n) is 9.63. The number of benzene rings is 7. The number of aromatic nitrogens is 3. The van der Waals surface area contributed by atoms with Gasteiger partial charge in [-0.05, 0) is 75.8 Å². The Kier molecular flexibility index (Phi) is 7.55. The molecule has 0 aliphatic rings. The Morgan fingerprint density at radius 3 is 1.78 bits per heavy atom. The second-order valence-corrected chi connectivity index (χ2v) is 12.7. The van der Waals surface area contributed by atoms with E-state index in [4.69, 9.17) is 19.4 Å². The van der Waals surface area contributed by atoms with Crippen molar-refractivity contribution in [1.29, 1.82) is 0 Å². The first-order chi connectivity index (χ1) is 25.2. The first-order valence-corrected chi connectivity index (χ1v) is 17.3. The van der Waals surface area contributed by atoms with Gasteiger partial charge in [0.15, 0.2) is 17.5 Å². The van der Waals surface area contributed by atoms with Crippen LogP contribution in [0, 0.1) is 0 Å². The van der Waals surface area contributed by atoms with Crippen molar-refractivity contribution in [3.63, 3.8) is 0 Å². The zero-order valence-corrected chi connectivity index (χ0v) is 28.3. The topological polar surface area (TPSA) is 51.8 Å². The Balaban J connectivity index is 1.21. The molecule has 4 nitrogen and oxygen atoms in total. The van der Waals surface area contributed by atoms with Gasteiger partial charge in [0, 0.05) is 27.5 Å². The maximum atomic E-state index is 6.44. The Morgan fingerprint density at radius 1 is 0.490 bits per heavy atom. The van der Waals surface area contributed by atoms with Crippen molar-refractivity contribution in [1.82, 2.24) is 15.0 Å². The molecule has 7 aromatic carbocycles. The van der Waals surface area contributed by atoms with Gasteiger partial charge >= 0.3 is 0 Å². The van der Waals surface area contributed by atoms with E-state index in [1.807, 2.05) is 44.2 Å². The Hall–Kier alpha value is -6.65. The summed E-state index contributed by atoms with van der Waals surface area (Å²) in [7, 11) is 0. The summed E-state index contributed by atoms with van der Waals surface area (Å²) in [6.45, 7) is 4.01. The van der Waals surface area contributed by atoms with Gasteiger partial charge in [-0.1, -0.05) is 146 Å². The van der Waals surface area contributed by atoms with Crippen LogP contribution in [0.25, 0.3) is 94.1 Å². The van der Waals surface area contributed by atoms with Crippen molar-refractivity contribution in [2.75, 3.05) is 0 Å². The Bertz CT molecular complexity index is 2810. The number of hydrogen-bond donors (Lipinski definition) is 0. The van der Waals surface area contributed by atoms with Crippen LogP contribution in [-0.4, -0.2) is 15.0 Å². The van der Waals surface area contributed by atoms with Crippen molar-refractivity contribution in [3.05, 3.63) is 170 Å². The van der Waals surface area contributed by atoms with E-state index in [-0.39, 0.29) is 0 Å². The number of nitrogens with zero attached hydrogens (tertiary/aromatic N) is 3. The molecule has 0 aliphatic heterocycles. The molecule has 0 saturated heterocycles. The highest BCUT2D eigenvalue weighted by Gasteiger charge is 2.19. The summed E-state index contributed by atoms with van der Waals surface area (Å²) in [5.41, 5.74) is 9.01. The fourth-order valence-corrected chi connectivity index (χ4v) is 7.17. The van der Waals surface area contributed by atoms with E-state index in [1.165, 1.54) is 32.7 Å². The predicted molar refractivity (Wildman–Crippen MR) is 212 cm³/mol. The lowest BCUT2D eigenvalue weighted by Gasteiger charge is -2.11. The summed E-state index contributed by atoms with van der Waals surface area (Å²) >= 11 is 0. The summed E-state index contributed by atoms with van der Waals surface area (Å²) in [5, 5.41) is 6.88. The molecular formula is C47H33N3O. The first-order valence-electron chi connectivity index (χ1n) is 17.3. The summed E-state index contributed by atoms with van der Waals surface area (Å²) in [4.78, 5) is 15.3. The molecule has 0 fully saturated rings. The van der Waals surface area contributed by atoms with Gasteiger partial charge < -0.3 is 4.42 Å². The first kappa shape index (κ1) is 30.4. The SMILES string of the molecule is C/C=C\C(=C/C)c1nc(-c2ccc(-c3cccc4ccccc34)cc2)nc(-c2cccc3oc4ccc(-c5cccc6ccccc56)cc4c23)n1. The van der Waals surface area contributed by atoms with Gasteiger partial charge in [-0.15, -0.1) is 0 Å². The molecule has 0 N–H and O–H groups in total. The van der Waals surface area contributed by atoms with Crippen molar-refractivity contribution >= 4 is 49.1 Å². The van der Waals surface area contributed by atoms with Gasteiger partial charge in [0.25, 0.3) is 0 Å². The van der Waals surface area contributed by atoms with Crippen molar-refractivity contribution < 1.29 is 4.42 Å². The highest BCUT2D eigenvalue weighted by Crippen LogP contribution is 2.39. The maximum absolute atomic E-state index is 6.44. The Labute approximate surface area is 296 Å². The summed E-state index contributed by atoms with van der Waals surface area (Å²) < 4.78 is 6.44. The molecular weight excluding hydrogens is 623 g/mol. The van der Waals surface area contributed by atoms with E-state index in [0.717, 1.165) is 49.8 Å². The molecule has 0 aliphatic carbocycles. The fourth-order valence-electron chi connectivity index (χ4n) is 7.17. The van der Waals surface area contributed by atoms with Crippen LogP contribution in [0.2, 0.25) is 0 Å². The molecule has 4 heteroatoms. The lowest BCUT2D eigenvalue weighted by atomic mass is 9.96. The molecule has 0 spiro atoms. The second-order valence-electron chi connectivity index (χ2n) is 12.7. The molecule has 0 saturated carbocycles. The molecule has 9 aromatic rings. The molecule has 0 unspecified atom stereocenters. The van der Waals surface area contributed by atoms with Crippen LogP contribution in [0.15, 0.2) is 168 Å². The predicted octanol–water partition coefficient (Wildman–Crippen LogP) is 12.7. The molecule has 0 atom stereocenters. The standard InChI is InChI=1S/C47H33N3O/c1-3-12-30(4-2)45-48-46(34-25-23-33(24-26-34)38-19-9-15-31-13-5-7-17-36(31)38)50-47(49-45)40-21-11-22-43-44(40)41-29-35(27-28-42(41)51-43)39-20-10-16-32-14-6-8-18-37(32)39/h3-29H,1-2H3/b12-3-,30-4+. The highest BCUT2D eigenvalue weighted by atomic mass is 16.3. The van der Waals surface area contributed by atoms with E-state index >= 15 is 0 Å². The zero-order valence-electron chi connectivity index (χ0n) is 28.3. The number of hydrogen-bond acceptors (Lipinski definition) is 4. The minimum atomic E-state index is 0.598. The quantitative estimate of drug-likeness (QED) is 0.167. The van der Waals surface area contributed by atoms with Crippen molar-refractivity contribution in [3.8, 4) is 45.0 Å². The van der Waals surface area contributed by atoms with Crippen LogP contribution in [0.4, 0.5) is 0 Å². The summed E-state index contributed by atoms with van der Waals surface area (Å²) in [5.74, 6) is 1.83. The smallest absolute Gasteiger partial charge is 0.164 e. The normalized spacial score (nSPS) is 12.2. The average Bonchev–Trinajstić information content (AvgIpc) is 3.57. The van der Waals surface area contributed by atoms with Crippen molar-refractivity contribution in [2.24, 2.45) is 0 Å². The van der Waals surface area contributed by atoms with Gasteiger partial charge in [-0.25, -0.2) is 15.0 Å². The van der Waals surface area contributed by atoms with Gasteiger partial charge in [-0.3, -0.25) is 0 Å². The molecule has 2 aromatic heterocycles. The van der Waals surface area contributed by atoms with Crippen molar-refractivity contribution in [2.45, 2.75) is 13.8 Å². The van der Waals surface area contributed by atoms with Gasteiger partial charge in [0.2, 0.25) is 0 Å². The number of furan rings is 1. The molecule has 51 heavy (non-hydrogen) atoms. The molecule has 2 heterocycles. The lowest BCUT2D eigenvalue weighted by molar-refractivity contribution is 0.669. The van der Waals surface area contributed by atoms with Crippen LogP contribution in [0.3, 0.4) is 0 Å². The van der Waals surface area contributed by atoms with Crippen LogP contribution in [0.5, 0.6) is 0 Å². The third kappa shape index (κ3) is 5.38. The largest absolute Gasteiger partial charge is 0.456 e. The monoisotopic (exact) mass is 655 g/mol. The zero-order chi connectivity index (χ0) is 34.3. The highest BCUT2D eigenvalue weighted by molar-refractivity contribution is 6.13. The second kappa shape index (κ2) is 12.7. The maximum Gasteiger partial charge on any atom is 0.164 e. The molecule has 0 radical (unpaired) electrons. The average molecular weight is 656 g/mol. The van der Waals surface area contributed by atoms with Gasteiger partial charge in [0.1, 0.15) is 11.2 Å². The van der Waals surface area contributed by atoms with E-state index < -0.39 is 0 Å². The molecule has 0 bridgehead atoms. The molecule has 0 amide bonds. The summed E-state index contributed by atoms with van der Waals surface area (Å²) in [6.07, 6.45) is 6.09. The van der Waals surface area contributed by atoms with E-state index in [2.05, 4.69) is 133 Å². The van der Waals surface area contributed by atoms with Crippen LogP contribution in [-0.2, 0) is 0 Å². The minimum absolute atomic E-state index is 0.598. The number of fused-ring (bicyclic) bond motifs is 5. The molecule has 242 valence electrons. The minimum Gasteiger partial charge on any atom is -0.456 e. The van der Waals surface area contributed by atoms with Crippen LogP contribution >= 0.6 is 0 Å². The van der Waals surface area contributed by atoms with E-state index in [1.54, 1.807) is 0 Å². The third-order valence-corrected chi connectivity index (χ3v) is 9.63. The van der Waals surface area contributed by atoms with Gasteiger partial charge in [-0.2, -0.15) is 0 Å². The van der Waals surface area contributed by atoms with E-state index in [0.29, 0.717) is 17.5 Å². The summed E-state index contributed by atoms with van der Waals surface area (Å²) in [6, 6.07) is 51.0. The van der Waals surface area contributed by atoms with Crippen LogP contribution in [0.1, 0.15) is 19.7 Å². The van der Waals surface area contributed by atoms with Crippen LogP contribution < -0.4 is 0 Å². The Morgan fingerprint density at radius 2 is 1.08 bits per heavy atom. The fraction of sp³-hybridized carbons (Fsp3) is 0.0426. The van der Waals surface area contributed by atoms with Gasteiger partial charge in [0.05, 0.1) is 0 Å². The number of rotatable bonds is 6.